The molecule has 0 aromatic rings. The summed E-state index contributed by atoms with van der Waals surface area (Å²) in [5.74, 6) is -0.570. The normalized spacial score (nSPS) is 23.1. The van der Waals surface area contributed by atoms with Crippen molar-refractivity contribution in [2.45, 2.75) is 38.6 Å². The summed E-state index contributed by atoms with van der Waals surface area (Å²) in [6.45, 7) is 2.71. The second-order valence-electron chi connectivity index (χ2n) is 4.63. The van der Waals surface area contributed by atoms with E-state index in [0.717, 1.165) is 19.3 Å². The average molecular weight is 263 g/mol. The van der Waals surface area contributed by atoms with Gasteiger partial charge < -0.3 is 5.11 Å². The monoisotopic (exact) mass is 263 g/mol. The van der Waals surface area contributed by atoms with E-state index >= 15 is 0 Å². The van der Waals surface area contributed by atoms with Gasteiger partial charge in [-0.1, -0.05) is 19.8 Å². The van der Waals surface area contributed by atoms with Crippen LogP contribution in [0.25, 0.3) is 0 Å². The Morgan fingerprint density at radius 2 is 2.12 bits per heavy atom. The van der Waals surface area contributed by atoms with Gasteiger partial charge in [0.2, 0.25) is 0 Å². The smallest absolute Gasteiger partial charge is 0.317 e. The van der Waals surface area contributed by atoms with Crippen molar-refractivity contribution in [1.29, 1.82) is 0 Å². The van der Waals surface area contributed by atoms with Crippen molar-refractivity contribution >= 4 is 15.8 Å². The molecule has 0 saturated carbocycles. The molecular weight excluding hydrogens is 242 g/mol. The summed E-state index contributed by atoms with van der Waals surface area (Å²) in [5, 5.41) is 8.84. The Kier molecular flexibility index (Phi) is 5.39. The first-order chi connectivity index (χ1) is 7.94. The van der Waals surface area contributed by atoms with Crippen molar-refractivity contribution in [3.05, 3.63) is 0 Å². The van der Waals surface area contributed by atoms with E-state index in [1.54, 1.807) is 0 Å². The molecule has 1 unspecified atom stereocenters. The van der Waals surface area contributed by atoms with Crippen LogP contribution in [0.1, 0.15) is 32.6 Å². The number of carboxylic acids is 1. The zero-order chi connectivity index (χ0) is 12.9. The average Bonchev–Trinajstić information content (AvgIpc) is 2.57. The lowest BCUT2D eigenvalue weighted by Gasteiger charge is -2.26. The Hall–Kier alpha value is -0.620. The molecule has 0 aliphatic carbocycles. The molecule has 0 spiro atoms. The predicted octanol–water partition coefficient (Wildman–Crippen LogP) is 0.750. The second-order valence-corrected chi connectivity index (χ2v) is 6.86. The Bertz CT molecular complexity index is 352. The Labute approximate surface area is 103 Å². The number of unbranched alkanes of at least 4 members (excludes halogenated alkanes) is 2. The Morgan fingerprint density at radius 1 is 1.41 bits per heavy atom. The fourth-order valence-corrected chi connectivity index (χ4v) is 3.95. The molecular formula is C11H21NO4S. The molecule has 1 aliphatic heterocycles. The zero-order valence-electron chi connectivity index (χ0n) is 10.3. The summed E-state index contributed by atoms with van der Waals surface area (Å²) in [6.07, 6.45) is 3.63. The maximum Gasteiger partial charge on any atom is 0.317 e. The number of aliphatic carboxylic acids is 1. The first-order valence-electron chi connectivity index (χ1n) is 6.11. The van der Waals surface area contributed by atoms with E-state index in [0.29, 0.717) is 13.0 Å². The van der Waals surface area contributed by atoms with Gasteiger partial charge in [-0.2, -0.15) is 0 Å². The topological polar surface area (TPSA) is 74.7 Å². The minimum Gasteiger partial charge on any atom is -0.480 e. The largest absolute Gasteiger partial charge is 0.480 e. The van der Waals surface area contributed by atoms with Gasteiger partial charge in [0.15, 0.2) is 9.84 Å². The highest BCUT2D eigenvalue weighted by molar-refractivity contribution is 7.91. The quantitative estimate of drug-likeness (QED) is 0.686. The maximum absolute atomic E-state index is 11.4. The van der Waals surface area contributed by atoms with E-state index in [2.05, 4.69) is 6.92 Å². The number of sulfone groups is 1. The highest BCUT2D eigenvalue weighted by atomic mass is 32.2. The molecule has 1 rings (SSSR count). The van der Waals surface area contributed by atoms with Crippen molar-refractivity contribution in [2.75, 3.05) is 24.6 Å². The van der Waals surface area contributed by atoms with Crippen LogP contribution in [-0.2, 0) is 14.6 Å². The summed E-state index contributed by atoms with van der Waals surface area (Å²) in [6, 6.07) is -0.104. The molecule has 0 amide bonds. The minimum atomic E-state index is -2.94. The summed E-state index contributed by atoms with van der Waals surface area (Å²) in [5.41, 5.74) is 0. The Balaban J connectivity index is 2.53. The maximum atomic E-state index is 11.4. The third-order valence-corrected chi connectivity index (χ3v) is 4.86. The summed E-state index contributed by atoms with van der Waals surface area (Å²) >= 11 is 0. The zero-order valence-corrected chi connectivity index (χ0v) is 11.1. The predicted molar refractivity (Wildman–Crippen MR) is 65.8 cm³/mol. The van der Waals surface area contributed by atoms with E-state index in [-0.39, 0.29) is 24.1 Å². The van der Waals surface area contributed by atoms with Gasteiger partial charge in [0.25, 0.3) is 0 Å². The molecule has 1 fully saturated rings. The lowest BCUT2D eigenvalue weighted by atomic mass is 10.2. The standard InChI is InChI=1S/C11H21NO4S/c1-2-3-4-6-12(8-11(13)14)10-5-7-17(15,16)9-10/h10H,2-9H2,1H3,(H,13,14). The molecule has 1 N–H and O–H groups in total. The van der Waals surface area contributed by atoms with Crippen molar-refractivity contribution in [2.24, 2.45) is 0 Å². The molecule has 17 heavy (non-hydrogen) atoms. The van der Waals surface area contributed by atoms with Crippen molar-refractivity contribution < 1.29 is 18.3 Å². The molecule has 0 aromatic heterocycles. The summed E-state index contributed by atoms with van der Waals surface area (Å²) in [7, 11) is -2.94. The van der Waals surface area contributed by atoms with E-state index in [1.165, 1.54) is 0 Å². The van der Waals surface area contributed by atoms with Gasteiger partial charge in [-0.3, -0.25) is 9.69 Å². The van der Waals surface area contributed by atoms with Crippen LogP contribution in [0.3, 0.4) is 0 Å². The molecule has 1 aliphatic rings. The number of carbonyl (C=O) groups is 1. The molecule has 1 heterocycles. The third-order valence-electron chi connectivity index (χ3n) is 3.11. The van der Waals surface area contributed by atoms with E-state index in [9.17, 15) is 13.2 Å². The molecule has 1 atom stereocenters. The number of hydrogen-bond acceptors (Lipinski definition) is 4. The van der Waals surface area contributed by atoms with Gasteiger partial charge in [-0.15, -0.1) is 0 Å². The van der Waals surface area contributed by atoms with Gasteiger partial charge >= 0.3 is 5.97 Å². The van der Waals surface area contributed by atoms with E-state index in [1.807, 2.05) is 4.90 Å². The van der Waals surface area contributed by atoms with Gasteiger partial charge in [0, 0.05) is 6.04 Å². The SMILES string of the molecule is CCCCCN(CC(=O)O)C1CCS(=O)(=O)C1. The number of hydrogen-bond donors (Lipinski definition) is 1. The number of rotatable bonds is 7. The Morgan fingerprint density at radius 3 is 2.59 bits per heavy atom. The van der Waals surface area contributed by atoms with Crippen LogP contribution in [0.15, 0.2) is 0 Å². The summed E-state index contributed by atoms with van der Waals surface area (Å²) in [4.78, 5) is 12.6. The van der Waals surface area contributed by atoms with Crippen molar-refractivity contribution in [3.63, 3.8) is 0 Å². The van der Waals surface area contributed by atoms with Gasteiger partial charge in [-0.25, -0.2) is 8.42 Å². The van der Waals surface area contributed by atoms with E-state index in [4.69, 9.17) is 5.11 Å². The van der Waals surface area contributed by atoms with Crippen LogP contribution >= 0.6 is 0 Å². The lowest BCUT2D eigenvalue weighted by molar-refractivity contribution is -0.138. The van der Waals surface area contributed by atoms with Crippen LogP contribution in [0.4, 0.5) is 0 Å². The fraction of sp³-hybridized carbons (Fsp3) is 0.909. The van der Waals surface area contributed by atoms with Crippen molar-refractivity contribution in [1.82, 2.24) is 4.90 Å². The van der Waals surface area contributed by atoms with Crippen LogP contribution in [0.5, 0.6) is 0 Å². The van der Waals surface area contributed by atoms with Crippen LogP contribution in [-0.4, -0.2) is 55.0 Å². The molecule has 0 radical (unpaired) electrons. The first-order valence-corrected chi connectivity index (χ1v) is 7.93. The molecule has 100 valence electrons. The van der Waals surface area contributed by atoms with E-state index < -0.39 is 15.8 Å². The third kappa shape index (κ3) is 5.04. The highest BCUT2D eigenvalue weighted by Gasteiger charge is 2.32. The van der Waals surface area contributed by atoms with Crippen LogP contribution in [0, 0.1) is 0 Å². The van der Waals surface area contributed by atoms with Crippen LogP contribution in [0.2, 0.25) is 0 Å². The molecule has 6 heteroatoms. The molecule has 0 bridgehead atoms. The molecule has 0 aromatic carbocycles. The second kappa shape index (κ2) is 6.35. The van der Waals surface area contributed by atoms with Gasteiger partial charge in [-0.05, 0) is 19.4 Å². The minimum absolute atomic E-state index is 0.0517. The van der Waals surface area contributed by atoms with Gasteiger partial charge in [0.05, 0.1) is 18.1 Å². The molecule has 5 nitrogen and oxygen atoms in total. The first kappa shape index (κ1) is 14.4. The lowest BCUT2D eigenvalue weighted by Crippen LogP contribution is -2.40. The fourth-order valence-electron chi connectivity index (χ4n) is 2.19. The summed E-state index contributed by atoms with van der Waals surface area (Å²) < 4.78 is 22.8. The van der Waals surface area contributed by atoms with Gasteiger partial charge in [0.1, 0.15) is 0 Å². The number of nitrogens with zero attached hydrogens (tertiary/aromatic N) is 1. The van der Waals surface area contributed by atoms with Crippen molar-refractivity contribution in [3.8, 4) is 0 Å². The molecule has 1 saturated heterocycles. The number of carboxylic acid groups (broad SMARTS) is 1. The van der Waals surface area contributed by atoms with Crippen LogP contribution < -0.4 is 0 Å². The highest BCUT2D eigenvalue weighted by Crippen LogP contribution is 2.18.